The molecular formula is C23H23ClN4O3. The van der Waals surface area contributed by atoms with Crippen molar-refractivity contribution < 1.29 is 14.3 Å². The molecule has 8 heteroatoms. The standard InChI is InChI=1S/C23H23ClN4O3/c1-14(18-4-3-9-25-23(18)30-2)27-22(29)17-11-20(28-26-12-17)16-7-8-21(19(24)10-16)31-13-15-5-6-15/h3-4,7-12,14-15H,5-6,13H2,1-2H3,(H,27,29). The van der Waals surface area contributed by atoms with Gasteiger partial charge in [0.05, 0.1) is 42.2 Å². The molecule has 3 aromatic rings. The van der Waals surface area contributed by atoms with Crippen molar-refractivity contribution in [2.24, 2.45) is 5.92 Å². The Bertz CT molecular complexity index is 1090. The summed E-state index contributed by atoms with van der Waals surface area (Å²) in [6, 6.07) is 10.5. The zero-order valence-corrected chi connectivity index (χ0v) is 18.1. The molecule has 1 fully saturated rings. The molecule has 1 amide bonds. The third-order valence-electron chi connectivity index (χ3n) is 5.12. The molecule has 4 rings (SSSR count). The summed E-state index contributed by atoms with van der Waals surface area (Å²) in [5.74, 6) is 1.50. The molecule has 0 bridgehead atoms. The van der Waals surface area contributed by atoms with E-state index in [4.69, 9.17) is 21.1 Å². The molecule has 1 N–H and O–H groups in total. The smallest absolute Gasteiger partial charge is 0.253 e. The first kappa shape index (κ1) is 21.1. The number of nitrogens with one attached hydrogen (secondary N) is 1. The van der Waals surface area contributed by atoms with Crippen molar-refractivity contribution in [1.29, 1.82) is 0 Å². The van der Waals surface area contributed by atoms with Crippen molar-refractivity contribution >= 4 is 17.5 Å². The Morgan fingerprint density at radius 2 is 2.13 bits per heavy atom. The largest absolute Gasteiger partial charge is 0.492 e. The summed E-state index contributed by atoms with van der Waals surface area (Å²) in [5.41, 5.74) is 2.49. The number of ether oxygens (including phenoxy) is 2. The normalized spacial score (nSPS) is 14.0. The number of rotatable bonds is 8. The number of aromatic nitrogens is 3. The van der Waals surface area contributed by atoms with Crippen LogP contribution in [0.3, 0.4) is 0 Å². The molecule has 0 aliphatic heterocycles. The Morgan fingerprint density at radius 1 is 1.29 bits per heavy atom. The average molecular weight is 439 g/mol. The van der Waals surface area contributed by atoms with Crippen LogP contribution in [-0.4, -0.2) is 34.8 Å². The van der Waals surface area contributed by atoms with Crippen molar-refractivity contribution in [1.82, 2.24) is 20.5 Å². The van der Waals surface area contributed by atoms with Crippen LogP contribution in [0.15, 0.2) is 48.8 Å². The lowest BCUT2D eigenvalue weighted by atomic mass is 10.1. The summed E-state index contributed by atoms with van der Waals surface area (Å²) >= 11 is 6.38. The van der Waals surface area contributed by atoms with Gasteiger partial charge in [0.1, 0.15) is 5.75 Å². The first-order valence-electron chi connectivity index (χ1n) is 10.1. The van der Waals surface area contributed by atoms with E-state index in [-0.39, 0.29) is 11.9 Å². The molecule has 1 atom stereocenters. The molecular weight excluding hydrogens is 416 g/mol. The molecule has 0 radical (unpaired) electrons. The van der Waals surface area contributed by atoms with Crippen molar-refractivity contribution in [3.63, 3.8) is 0 Å². The molecule has 7 nitrogen and oxygen atoms in total. The highest BCUT2D eigenvalue weighted by molar-refractivity contribution is 6.32. The van der Waals surface area contributed by atoms with E-state index in [0.29, 0.717) is 40.4 Å². The average Bonchev–Trinajstić information content (AvgIpc) is 3.62. The molecule has 1 unspecified atom stereocenters. The Morgan fingerprint density at radius 3 is 2.87 bits per heavy atom. The van der Waals surface area contributed by atoms with Crippen LogP contribution in [0, 0.1) is 5.92 Å². The van der Waals surface area contributed by atoms with E-state index < -0.39 is 0 Å². The quantitative estimate of drug-likeness (QED) is 0.558. The summed E-state index contributed by atoms with van der Waals surface area (Å²) < 4.78 is 11.0. The second kappa shape index (κ2) is 9.31. The van der Waals surface area contributed by atoms with Crippen LogP contribution in [0.4, 0.5) is 0 Å². The maximum absolute atomic E-state index is 12.8. The minimum absolute atomic E-state index is 0.273. The van der Waals surface area contributed by atoms with Gasteiger partial charge in [-0.2, -0.15) is 10.2 Å². The second-order valence-corrected chi connectivity index (χ2v) is 7.93. The lowest BCUT2D eigenvalue weighted by molar-refractivity contribution is 0.0939. The van der Waals surface area contributed by atoms with E-state index in [9.17, 15) is 4.79 Å². The molecule has 0 spiro atoms. The predicted octanol–water partition coefficient (Wildman–Crippen LogP) is 4.48. The number of pyridine rings is 1. The lowest BCUT2D eigenvalue weighted by Crippen LogP contribution is -2.27. The number of hydrogen-bond acceptors (Lipinski definition) is 6. The number of carbonyl (C=O) groups is 1. The summed E-state index contributed by atoms with van der Waals surface area (Å²) in [4.78, 5) is 17.0. The topological polar surface area (TPSA) is 86.2 Å². The van der Waals surface area contributed by atoms with E-state index in [1.807, 2.05) is 25.1 Å². The van der Waals surface area contributed by atoms with E-state index in [1.54, 1.807) is 31.5 Å². The second-order valence-electron chi connectivity index (χ2n) is 7.53. The highest BCUT2D eigenvalue weighted by Gasteiger charge is 2.22. The van der Waals surface area contributed by atoms with E-state index in [0.717, 1.165) is 11.1 Å². The van der Waals surface area contributed by atoms with Gasteiger partial charge in [-0.05, 0) is 56.0 Å². The minimum Gasteiger partial charge on any atom is -0.492 e. The fourth-order valence-corrected chi connectivity index (χ4v) is 3.40. The molecule has 160 valence electrons. The van der Waals surface area contributed by atoms with Crippen molar-refractivity contribution in [2.45, 2.75) is 25.8 Å². The molecule has 1 aliphatic rings. The Balaban J connectivity index is 1.48. The highest BCUT2D eigenvalue weighted by Crippen LogP contribution is 2.33. The maximum Gasteiger partial charge on any atom is 0.253 e. The lowest BCUT2D eigenvalue weighted by Gasteiger charge is -2.16. The van der Waals surface area contributed by atoms with Gasteiger partial charge in [0, 0.05) is 17.3 Å². The summed E-state index contributed by atoms with van der Waals surface area (Å²) in [6.45, 7) is 2.56. The van der Waals surface area contributed by atoms with Gasteiger partial charge in [-0.15, -0.1) is 0 Å². The number of methoxy groups -OCH3 is 1. The summed E-state index contributed by atoms with van der Waals surface area (Å²) in [6.07, 6.45) is 5.50. The van der Waals surface area contributed by atoms with E-state index in [1.165, 1.54) is 19.0 Å². The van der Waals surface area contributed by atoms with Gasteiger partial charge in [0.15, 0.2) is 0 Å². The number of nitrogens with zero attached hydrogens (tertiary/aromatic N) is 3. The van der Waals surface area contributed by atoms with Crippen LogP contribution in [0.1, 0.15) is 41.7 Å². The van der Waals surface area contributed by atoms with Gasteiger partial charge in [-0.3, -0.25) is 4.79 Å². The first-order valence-corrected chi connectivity index (χ1v) is 10.5. The third kappa shape index (κ3) is 5.11. The van der Waals surface area contributed by atoms with Gasteiger partial charge in [-0.25, -0.2) is 4.98 Å². The number of amides is 1. The Hall–Kier alpha value is -3.19. The SMILES string of the molecule is COc1ncccc1C(C)NC(=O)c1cnnc(-c2ccc(OCC3CC3)c(Cl)c2)c1. The van der Waals surface area contributed by atoms with E-state index >= 15 is 0 Å². The predicted molar refractivity (Wildman–Crippen MR) is 117 cm³/mol. The van der Waals surface area contributed by atoms with E-state index in [2.05, 4.69) is 20.5 Å². The monoisotopic (exact) mass is 438 g/mol. The number of benzene rings is 1. The molecule has 31 heavy (non-hydrogen) atoms. The van der Waals surface area contributed by atoms with Gasteiger partial charge < -0.3 is 14.8 Å². The van der Waals surface area contributed by atoms with Crippen LogP contribution in [-0.2, 0) is 0 Å². The fourth-order valence-electron chi connectivity index (χ4n) is 3.16. The van der Waals surface area contributed by atoms with Crippen LogP contribution < -0.4 is 14.8 Å². The van der Waals surface area contributed by atoms with Crippen molar-refractivity contribution in [3.8, 4) is 22.9 Å². The minimum atomic E-state index is -0.301. The van der Waals surface area contributed by atoms with Gasteiger partial charge >= 0.3 is 0 Å². The van der Waals surface area contributed by atoms with Gasteiger partial charge in [0.25, 0.3) is 5.91 Å². The van der Waals surface area contributed by atoms with Gasteiger partial charge in [-0.1, -0.05) is 17.7 Å². The molecule has 0 saturated heterocycles. The number of halogens is 1. The van der Waals surface area contributed by atoms with Crippen molar-refractivity contribution in [2.75, 3.05) is 13.7 Å². The maximum atomic E-state index is 12.8. The zero-order valence-electron chi connectivity index (χ0n) is 17.3. The first-order chi connectivity index (χ1) is 15.0. The Kier molecular flexibility index (Phi) is 6.32. The van der Waals surface area contributed by atoms with Crippen LogP contribution >= 0.6 is 11.6 Å². The third-order valence-corrected chi connectivity index (χ3v) is 5.42. The van der Waals surface area contributed by atoms with Gasteiger partial charge in [0.2, 0.25) is 5.88 Å². The number of carbonyl (C=O) groups excluding carboxylic acids is 1. The summed E-state index contributed by atoms with van der Waals surface area (Å²) in [5, 5.41) is 11.6. The number of hydrogen-bond donors (Lipinski definition) is 1. The molecule has 2 aromatic heterocycles. The van der Waals surface area contributed by atoms with Crippen LogP contribution in [0.2, 0.25) is 5.02 Å². The molecule has 1 aliphatic carbocycles. The highest BCUT2D eigenvalue weighted by atomic mass is 35.5. The fraction of sp³-hybridized carbons (Fsp3) is 0.304. The Labute approximate surface area is 185 Å². The molecule has 1 saturated carbocycles. The molecule has 1 aromatic carbocycles. The molecule has 2 heterocycles. The van der Waals surface area contributed by atoms with Crippen LogP contribution in [0.25, 0.3) is 11.3 Å². The summed E-state index contributed by atoms with van der Waals surface area (Å²) in [7, 11) is 1.55. The zero-order chi connectivity index (χ0) is 21.8. The van der Waals surface area contributed by atoms with Crippen LogP contribution in [0.5, 0.6) is 11.6 Å². The van der Waals surface area contributed by atoms with Crippen molar-refractivity contribution in [3.05, 3.63) is 64.9 Å².